The summed E-state index contributed by atoms with van der Waals surface area (Å²) in [6, 6.07) is 16.7. The SMILES string of the molecule is O=C(COc1cccc(/C=N/NC(=O)C(=O)Nc2ccc(F)cc2)c1)Nc1ccc(F)cc1. The highest BCUT2D eigenvalue weighted by molar-refractivity contribution is 6.39. The predicted molar refractivity (Wildman–Crippen MR) is 118 cm³/mol. The monoisotopic (exact) mass is 452 g/mol. The molecule has 10 heteroatoms. The third-order valence-electron chi connectivity index (χ3n) is 4.04. The first-order valence-corrected chi connectivity index (χ1v) is 9.57. The van der Waals surface area contributed by atoms with Crippen molar-refractivity contribution in [3.63, 3.8) is 0 Å². The molecule has 3 aromatic carbocycles. The molecule has 0 heterocycles. The first-order chi connectivity index (χ1) is 15.9. The minimum absolute atomic E-state index is 0.258. The molecule has 0 fully saturated rings. The molecule has 0 aromatic heterocycles. The average molecular weight is 452 g/mol. The van der Waals surface area contributed by atoms with E-state index in [1.807, 2.05) is 0 Å². The van der Waals surface area contributed by atoms with Crippen LogP contribution in [0.2, 0.25) is 0 Å². The Morgan fingerprint density at radius 2 is 1.42 bits per heavy atom. The van der Waals surface area contributed by atoms with E-state index in [0.29, 0.717) is 17.0 Å². The lowest BCUT2D eigenvalue weighted by molar-refractivity contribution is -0.136. The molecule has 0 bridgehead atoms. The van der Waals surface area contributed by atoms with E-state index in [0.717, 1.165) is 12.1 Å². The molecule has 0 saturated carbocycles. The molecule has 3 aromatic rings. The van der Waals surface area contributed by atoms with Crippen molar-refractivity contribution in [2.24, 2.45) is 5.10 Å². The van der Waals surface area contributed by atoms with Crippen molar-refractivity contribution in [3.05, 3.63) is 90.0 Å². The van der Waals surface area contributed by atoms with Crippen LogP contribution >= 0.6 is 0 Å². The van der Waals surface area contributed by atoms with Crippen molar-refractivity contribution in [1.82, 2.24) is 5.43 Å². The minimum Gasteiger partial charge on any atom is -0.484 e. The molecule has 0 unspecified atom stereocenters. The lowest BCUT2D eigenvalue weighted by Crippen LogP contribution is -2.32. The molecular formula is C23H18F2N4O4. The predicted octanol–water partition coefficient (Wildman–Crippen LogP) is 3.07. The smallest absolute Gasteiger partial charge is 0.329 e. The van der Waals surface area contributed by atoms with Crippen LogP contribution in [0.5, 0.6) is 5.75 Å². The maximum absolute atomic E-state index is 12.9. The quantitative estimate of drug-likeness (QED) is 0.291. The number of nitrogens with zero attached hydrogens (tertiary/aromatic N) is 1. The van der Waals surface area contributed by atoms with Crippen molar-refractivity contribution in [3.8, 4) is 5.75 Å². The second-order valence-corrected chi connectivity index (χ2v) is 6.58. The first-order valence-electron chi connectivity index (χ1n) is 9.57. The zero-order valence-corrected chi connectivity index (χ0v) is 17.0. The number of hydrogen-bond donors (Lipinski definition) is 3. The zero-order chi connectivity index (χ0) is 23.6. The number of amides is 3. The molecule has 0 saturated heterocycles. The van der Waals surface area contributed by atoms with Gasteiger partial charge in [0.25, 0.3) is 5.91 Å². The van der Waals surface area contributed by atoms with Crippen LogP contribution in [0.3, 0.4) is 0 Å². The van der Waals surface area contributed by atoms with Gasteiger partial charge >= 0.3 is 11.8 Å². The minimum atomic E-state index is -1.01. The Morgan fingerprint density at radius 1 is 0.818 bits per heavy atom. The number of carbonyl (C=O) groups excluding carboxylic acids is 3. The normalized spacial score (nSPS) is 10.5. The molecule has 0 spiro atoms. The van der Waals surface area contributed by atoms with Crippen LogP contribution < -0.4 is 20.8 Å². The average Bonchev–Trinajstić information content (AvgIpc) is 2.81. The van der Waals surface area contributed by atoms with Crippen LogP contribution in [-0.4, -0.2) is 30.5 Å². The third kappa shape index (κ3) is 7.55. The Balaban J connectivity index is 1.47. The van der Waals surface area contributed by atoms with Gasteiger partial charge in [0, 0.05) is 11.4 Å². The summed E-state index contributed by atoms with van der Waals surface area (Å²) >= 11 is 0. The summed E-state index contributed by atoms with van der Waals surface area (Å²) in [5, 5.41) is 8.58. The maximum atomic E-state index is 12.9. The van der Waals surface area contributed by atoms with E-state index in [1.54, 1.807) is 24.3 Å². The molecule has 3 N–H and O–H groups in total. The molecule has 3 rings (SSSR count). The number of ether oxygens (including phenoxy) is 1. The van der Waals surface area contributed by atoms with Gasteiger partial charge in [-0.15, -0.1) is 0 Å². The molecule has 33 heavy (non-hydrogen) atoms. The van der Waals surface area contributed by atoms with Gasteiger partial charge in [-0.3, -0.25) is 14.4 Å². The Morgan fingerprint density at radius 3 is 2.06 bits per heavy atom. The van der Waals surface area contributed by atoms with Gasteiger partial charge in [0.2, 0.25) is 0 Å². The van der Waals surface area contributed by atoms with Crippen molar-refractivity contribution < 1.29 is 27.9 Å². The number of rotatable bonds is 7. The van der Waals surface area contributed by atoms with Crippen molar-refractivity contribution >= 4 is 35.3 Å². The van der Waals surface area contributed by atoms with Crippen LogP contribution in [-0.2, 0) is 14.4 Å². The van der Waals surface area contributed by atoms with Gasteiger partial charge in [-0.05, 0) is 66.2 Å². The summed E-state index contributed by atoms with van der Waals surface area (Å²) in [5.74, 6) is -2.92. The fraction of sp³-hybridized carbons (Fsp3) is 0.0435. The number of benzene rings is 3. The number of anilines is 2. The van der Waals surface area contributed by atoms with E-state index in [1.165, 1.54) is 42.6 Å². The van der Waals surface area contributed by atoms with Gasteiger partial charge < -0.3 is 15.4 Å². The van der Waals surface area contributed by atoms with Crippen molar-refractivity contribution in [1.29, 1.82) is 0 Å². The summed E-state index contributed by atoms with van der Waals surface area (Å²) in [4.78, 5) is 35.6. The lowest BCUT2D eigenvalue weighted by atomic mass is 10.2. The van der Waals surface area contributed by atoms with E-state index in [4.69, 9.17) is 4.74 Å². The van der Waals surface area contributed by atoms with Crippen LogP contribution in [0.15, 0.2) is 77.9 Å². The second-order valence-electron chi connectivity index (χ2n) is 6.58. The summed E-state index contributed by atoms with van der Waals surface area (Å²) in [5.41, 5.74) is 3.30. The third-order valence-corrected chi connectivity index (χ3v) is 4.04. The van der Waals surface area contributed by atoms with E-state index < -0.39 is 29.4 Å². The molecule has 0 aliphatic carbocycles. The first kappa shape index (κ1) is 23.1. The van der Waals surface area contributed by atoms with Crippen LogP contribution in [0.1, 0.15) is 5.56 Å². The number of hydrogen-bond acceptors (Lipinski definition) is 5. The summed E-state index contributed by atoms with van der Waals surface area (Å²) in [6.45, 7) is -0.279. The molecule has 168 valence electrons. The summed E-state index contributed by atoms with van der Waals surface area (Å²) < 4.78 is 31.2. The number of carbonyl (C=O) groups is 3. The highest BCUT2D eigenvalue weighted by Gasteiger charge is 2.12. The van der Waals surface area contributed by atoms with Gasteiger partial charge in [0.1, 0.15) is 17.4 Å². The van der Waals surface area contributed by atoms with Crippen molar-refractivity contribution in [2.45, 2.75) is 0 Å². The fourth-order valence-electron chi connectivity index (χ4n) is 2.50. The standard InChI is InChI=1S/C23H18F2N4O4/c24-16-4-8-18(9-5-16)27-21(30)14-33-20-3-1-2-15(12-20)13-26-29-23(32)22(31)28-19-10-6-17(25)7-11-19/h1-13H,14H2,(H,27,30)(H,28,31)(H,29,32)/b26-13+. The van der Waals surface area contributed by atoms with Crippen LogP contribution in [0, 0.1) is 11.6 Å². The summed E-state index contributed by atoms with van der Waals surface area (Å²) in [7, 11) is 0. The van der Waals surface area contributed by atoms with Crippen LogP contribution in [0.25, 0.3) is 0 Å². The van der Waals surface area contributed by atoms with Crippen LogP contribution in [0.4, 0.5) is 20.2 Å². The zero-order valence-electron chi connectivity index (χ0n) is 17.0. The van der Waals surface area contributed by atoms with Gasteiger partial charge in [-0.25, -0.2) is 14.2 Å². The number of nitrogens with one attached hydrogen (secondary N) is 3. The second kappa shape index (κ2) is 11.1. The molecule has 0 aliphatic heterocycles. The van der Waals surface area contributed by atoms with E-state index >= 15 is 0 Å². The van der Waals surface area contributed by atoms with Gasteiger partial charge in [-0.1, -0.05) is 12.1 Å². The fourth-order valence-corrected chi connectivity index (χ4v) is 2.50. The number of halogens is 2. The van der Waals surface area contributed by atoms with Gasteiger partial charge in [0.15, 0.2) is 6.61 Å². The van der Waals surface area contributed by atoms with E-state index in [9.17, 15) is 23.2 Å². The summed E-state index contributed by atoms with van der Waals surface area (Å²) in [6.07, 6.45) is 1.29. The van der Waals surface area contributed by atoms with E-state index in [2.05, 4.69) is 21.2 Å². The maximum Gasteiger partial charge on any atom is 0.329 e. The Labute approximate surface area is 187 Å². The Kier molecular flexibility index (Phi) is 7.79. The molecule has 3 amide bonds. The highest BCUT2D eigenvalue weighted by atomic mass is 19.1. The highest BCUT2D eigenvalue weighted by Crippen LogP contribution is 2.13. The molecule has 0 atom stereocenters. The molecule has 0 radical (unpaired) electrons. The van der Waals surface area contributed by atoms with E-state index in [-0.39, 0.29) is 12.3 Å². The van der Waals surface area contributed by atoms with Gasteiger partial charge in [-0.2, -0.15) is 5.10 Å². The molecular weight excluding hydrogens is 434 g/mol. The Hall–Kier alpha value is -4.60. The van der Waals surface area contributed by atoms with Crippen molar-refractivity contribution in [2.75, 3.05) is 17.2 Å². The lowest BCUT2D eigenvalue weighted by Gasteiger charge is -2.08. The van der Waals surface area contributed by atoms with Gasteiger partial charge in [0.05, 0.1) is 6.21 Å². The molecule has 8 nitrogen and oxygen atoms in total. The molecule has 0 aliphatic rings. The topological polar surface area (TPSA) is 109 Å². The number of hydrazone groups is 1. The largest absolute Gasteiger partial charge is 0.484 e. The Bertz CT molecular complexity index is 1170.